The van der Waals surface area contributed by atoms with Crippen LogP contribution in [-0.2, 0) is 5.54 Å². The highest BCUT2D eigenvalue weighted by Gasteiger charge is 2.32. The zero-order valence-corrected chi connectivity index (χ0v) is 15.0. The number of amides is 1. The summed E-state index contributed by atoms with van der Waals surface area (Å²) < 4.78 is 0. The average Bonchev–Trinajstić information content (AvgIpc) is 2.61. The molecule has 0 saturated heterocycles. The minimum Gasteiger partial charge on any atom is -0.388 e. The Morgan fingerprint density at radius 3 is 2.29 bits per heavy atom. The molecule has 2 rings (SSSR count). The molecule has 0 aromatic heterocycles. The van der Waals surface area contributed by atoms with Gasteiger partial charge in [0.15, 0.2) is 0 Å². The van der Waals surface area contributed by atoms with Gasteiger partial charge in [-0.15, -0.1) is 11.6 Å². The summed E-state index contributed by atoms with van der Waals surface area (Å²) in [6.07, 6.45) is -0.614. The molecule has 1 amide bonds. The van der Waals surface area contributed by atoms with Crippen molar-refractivity contribution in [3.8, 4) is 0 Å². The number of carbonyl (C=O) groups excluding carboxylic acids is 1. The molecule has 0 bridgehead atoms. The van der Waals surface area contributed by atoms with Crippen molar-refractivity contribution in [2.75, 3.05) is 5.88 Å². The maximum Gasteiger partial charge on any atom is 0.252 e. The van der Waals surface area contributed by atoms with Crippen molar-refractivity contribution < 1.29 is 9.90 Å². The van der Waals surface area contributed by atoms with Crippen LogP contribution in [0.3, 0.4) is 0 Å². The van der Waals surface area contributed by atoms with E-state index in [2.05, 4.69) is 5.32 Å². The van der Waals surface area contributed by atoms with Crippen molar-refractivity contribution in [1.29, 1.82) is 0 Å². The van der Waals surface area contributed by atoms with Crippen molar-refractivity contribution in [3.05, 3.63) is 71.3 Å². The van der Waals surface area contributed by atoms with E-state index in [9.17, 15) is 9.90 Å². The largest absolute Gasteiger partial charge is 0.388 e. The third-order valence-corrected chi connectivity index (χ3v) is 4.73. The van der Waals surface area contributed by atoms with Gasteiger partial charge in [-0.3, -0.25) is 4.79 Å². The van der Waals surface area contributed by atoms with Gasteiger partial charge in [0, 0.05) is 11.4 Å². The predicted octanol–water partition coefficient (Wildman–Crippen LogP) is 4.26. The maximum atomic E-state index is 12.6. The van der Waals surface area contributed by atoms with E-state index in [0.717, 1.165) is 11.1 Å². The molecule has 2 atom stereocenters. The van der Waals surface area contributed by atoms with Crippen molar-refractivity contribution in [2.45, 2.75) is 32.4 Å². The first-order valence-corrected chi connectivity index (χ1v) is 8.63. The summed E-state index contributed by atoms with van der Waals surface area (Å²) in [5.41, 5.74) is 1.44. The Kier molecular flexibility index (Phi) is 6.03. The van der Waals surface area contributed by atoms with Gasteiger partial charge in [-0.05, 0) is 36.1 Å². The average molecular weight is 346 g/mol. The van der Waals surface area contributed by atoms with E-state index in [0.29, 0.717) is 5.56 Å². The molecule has 0 aliphatic rings. The van der Waals surface area contributed by atoms with Gasteiger partial charge in [-0.25, -0.2) is 0 Å². The van der Waals surface area contributed by atoms with Crippen molar-refractivity contribution in [1.82, 2.24) is 5.32 Å². The van der Waals surface area contributed by atoms with Gasteiger partial charge in [0.25, 0.3) is 5.91 Å². The third-order valence-electron chi connectivity index (χ3n) is 4.20. The molecule has 2 aromatic rings. The summed E-state index contributed by atoms with van der Waals surface area (Å²) >= 11 is 6.23. The van der Waals surface area contributed by atoms with Crippen molar-refractivity contribution >= 4 is 17.5 Å². The van der Waals surface area contributed by atoms with Crippen molar-refractivity contribution in [2.24, 2.45) is 5.92 Å². The second-order valence-corrected chi connectivity index (χ2v) is 6.83. The summed E-state index contributed by atoms with van der Waals surface area (Å²) in [6.45, 7) is 5.80. The van der Waals surface area contributed by atoms with Gasteiger partial charge >= 0.3 is 0 Å². The molecule has 24 heavy (non-hydrogen) atoms. The highest BCUT2D eigenvalue weighted by molar-refractivity contribution is 6.19. The van der Waals surface area contributed by atoms with Crippen LogP contribution in [-0.4, -0.2) is 16.9 Å². The zero-order valence-electron chi connectivity index (χ0n) is 14.3. The third kappa shape index (κ3) is 3.97. The molecule has 2 N–H and O–H groups in total. The number of benzene rings is 2. The summed E-state index contributed by atoms with van der Waals surface area (Å²) in [6, 6.07) is 16.6. The first-order valence-electron chi connectivity index (χ1n) is 8.10. The van der Waals surface area contributed by atoms with Crippen LogP contribution in [0.1, 0.15) is 48.4 Å². The smallest absolute Gasteiger partial charge is 0.252 e. The van der Waals surface area contributed by atoms with Crippen LogP contribution in [0, 0.1) is 5.92 Å². The fourth-order valence-electron chi connectivity index (χ4n) is 2.70. The number of rotatable bonds is 6. The lowest BCUT2D eigenvalue weighted by atomic mass is 9.85. The molecule has 0 saturated carbocycles. The number of nitrogens with one attached hydrogen (secondary N) is 1. The Labute approximate surface area is 148 Å². The van der Waals surface area contributed by atoms with E-state index in [4.69, 9.17) is 11.6 Å². The van der Waals surface area contributed by atoms with Crippen LogP contribution in [0.2, 0.25) is 0 Å². The molecule has 3 nitrogen and oxygen atoms in total. The predicted molar refractivity (Wildman–Crippen MR) is 98.2 cm³/mol. The van der Waals surface area contributed by atoms with E-state index >= 15 is 0 Å². The summed E-state index contributed by atoms with van der Waals surface area (Å²) in [5.74, 6) is 0.0797. The van der Waals surface area contributed by atoms with E-state index in [1.165, 1.54) is 0 Å². The lowest BCUT2D eigenvalue weighted by Crippen LogP contribution is -2.46. The Hall–Kier alpha value is -1.84. The van der Waals surface area contributed by atoms with Gasteiger partial charge in [0.2, 0.25) is 0 Å². The molecular formula is C20H24ClNO2. The van der Waals surface area contributed by atoms with Gasteiger partial charge in [-0.1, -0.05) is 56.3 Å². The van der Waals surface area contributed by atoms with Crippen LogP contribution < -0.4 is 5.32 Å². The number of hydrogen-bond acceptors (Lipinski definition) is 2. The fraction of sp³-hybridized carbons (Fsp3) is 0.350. The highest BCUT2D eigenvalue weighted by atomic mass is 35.5. The van der Waals surface area contributed by atoms with E-state index in [1.807, 2.05) is 63.2 Å². The highest BCUT2D eigenvalue weighted by Crippen LogP contribution is 2.32. The fourth-order valence-corrected chi connectivity index (χ4v) is 2.91. The monoisotopic (exact) mass is 345 g/mol. The van der Waals surface area contributed by atoms with Crippen LogP contribution >= 0.6 is 11.6 Å². The molecule has 128 valence electrons. The Bertz CT molecular complexity index is 687. The lowest BCUT2D eigenvalue weighted by Gasteiger charge is -2.33. The number of hydrogen-bond donors (Lipinski definition) is 2. The molecule has 2 unspecified atom stereocenters. The normalized spacial score (nSPS) is 14.9. The number of alkyl halides is 1. The van der Waals surface area contributed by atoms with Gasteiger partial charge in [0.1, 0.15) is 0 Å². The first-order chi connectivity index (χ1) is 11.4. The van der Waals surface area contributed by atoms with Gasteiger partial charge in [-0.2, -0.15) is 0 Å². The maximum absolute atomic E-state index is 12.6. The number of aliphatic hydroxyl groups is 1. The van der Waals surface area contributed by atoms with Crippen LogP contribution in [0.5, 0.6) is 0 Å². The van der Waals surface area contributed by atoms with Crippen molar-refractivity contribution in [3.63, 3.8) is 0 Å². The number of carbonyl (C=O) groups is 1. The van der Waals surface area contributed by atoms with E-state index in [1.54, 1.807) is 12.1 Å². The quantitative estimate of drug-likeness (QED) is 0.768. The minimum absolute atomic E-state index is 0.0653. The summed E-state index contributed by atoms with van der Waals surface area (Å²) in [4.78, 5) is 12.6. The molecular weight excluding hydrogens is 322 g/mol. The van der Waals surface area contributed by atoms with E-state index < -0.39 is 11.6 Å². The Morgan fingerprint density at radius 1 is 1.12 bits per heavy atom. The molecule has 2 aromatic carbocycles. The topological polar surface area (TPSA) is 49.3 Å². The second-order valence-electron chi connectivity index (χ2n) is 6.56. The first kappa shape index (κ1) is 18.5. The molecule has 0 radical (unpaired) electrons. The zero-order chi connectivity index (χ0) is 17.7. The number of halogens is 1. The minimum atomic E-state index is -0.777. The molecule has 0 heterocycles. The number of aliphatic hydroxyl groups excluding tert-OH is 1. The molecule has 0 spiro atoms. The summed E-state index contributed by atoms with van der Waals surface area (Å²) in [7, 11) is 0. The molecule has 4 heteroatoms. The summed E-state index contributed by atoms with van der Waals surface area (Å²) in [5, 5.41) is 13.6. The Balaban J connectivity index is 2.38. The van der Waals surface area contributed by atoms with Gasteiger partial charge < -0.3 is 10.4 Å². The SMILES string of the molecule is CC(C)C(O)c1ccccc1C(C)(CCl)NC(=O)c1ccccc1. The second kappa shape index (κ2) is 7.82. The molecule has 0 aliphatic carbocycles. The van der Waals surface area contributed by atoms with E-state index in [-0.39, 0.29) is 17.7 Å². The molecule has 0 aliphatic heterocycles. The Morgan fingerprint density at radius 2 is 1.71 bits per heavy atom. The molecule has 0 fully saturated rings. The van der Waals surface area contributed by atoms with Crippen LogP contribution in [0.25, 0.3) is 0 Å². The van der Waals surface area contributed by atoms with Crippen LogP contribution in [0.15, 0.2) is 54.6 Å². The standard InChI is InChI=1S/C20H24ClNO2/c1-14(2)18(23)16-11-7-8-12-17(16)20(3,13-21)22-19(24)15-9-5-4-6-10-15/h4-12,14,18,23H,13H2,1-3H3,(H,22,24). The van der Waals surface area contributed by atoms with Crippen LogP contribution in [0.4, 0.5) is 0 Å². The lowest BCUT2D eigenvalue weighted by molar-refractivity contribution is 0.0906. The van der Waals surface area contributed by atoms with Gasteiger partial charge in [0.05, 0.1) is 11.6 Å².